The van der Waals surface area contributed by atoms with E-state index in [1.165, 1.54) is 0 Å². The fourth-order valence-corrected chi connectivity index (χ4v) is 1.48. The molecule has 1 rings (SSSR count). The summed E-state index contributed by atoms with van der Waals surface area (Å²) in [5.74, 6) is 5.78. The van der Waals surface area contributed by atoms with Crippen LogP contribution in [0, 0.1) is 16.7 Å². The first-order valence-electron chi connectivity index (χ1n) is 6.25. The Bertz CT molecular complexity index is 521. The van der Waals surface area contributed by atoms with Gasteiger partial charge in [0, 0.05) is 6.07 Å². The van der Waals surface area contributed by atoms with Gasteiger partial charge in [0.2, 0.25) is 5.91 Å². The van der Waals surface area contributed by atoms with Crippen molar-refractivity contribution in [2.75, 3.05) is 13.2 Å². The summed E-state index contributed by atoms with van der Waals surface area (Å²) in [4.78, 5) is 11.6. The van der Waals surface area contributed by atoms with Gasteiger partial charge in [-0.3, -0.25) is 10.2 Å². The zero-order valence-corrected chi connectivity index (χ0v) is 11.9. The number of rotatable bonds is 6. The smallest absolute Gasteiger partial charge is 0.242 e. The van der Waals surface area contributed by atoms with Crippen LogP contribution in [0.15, 0.2) is 18.2 Å². The average molecular weight is 277 g/mol. The SMILES string of the molecule is CCOc1cc(C#N)ccc1OCC(C)(C)C(=O)NN. The Hall–Kier alpha value is -2.26. The zero-order chi connectivity index (χ0) is 15.2. The summed E-state index contributed by atoms with van der Waals surface area (Å²) in [6.07, 6.45) is 0. The van der Waals surface area contributed by atoms with Gasteiger partial charge in [0.1, 0.15) is 6.61 Å². The van der Waals surface area contributed by atoms with E-state index in [1.807, 2.05) is 13.0 Å². The van der Waals surface area contributed by atoms with E-state index in [0.717, 1.165) is 0 Å². The van der Waals surface area contributed by atoms with E-state index in [0.29, 0.717) is 23.7 Å². The lowest BCUT2D eigenvalue weighted by molar-refractivity contribution is -0.130. The Balaban J connectivity index is 2.87. The molecule has 108 valence electrons. The van der Waals surface area contributed by atoms with Crippen LogP contribution in [0.4, 0.5) is 0 Å². The number of nitrogens with two attached hydrogens (primary N) is 1. The van der Waals surface area contributed by atoms with E-state index in [-0.39, 0.29) is 12.5 Å². The van der Waals surface area contributed by atoms with Gasteiger partial charge in [-0.2, -0.15) is 5.26 Å². The molecule has 0 aliphatic rings. The monoisotopic (exact) mass is 277 g/mol. The fraction of sp³-hybridized carbons (Fsp3) is 0.429. The third-order valence-electron chi connectivity index (χ3n) is 2.71. The number of hydrazine groups is 1. The molecule has 3 N–H and O–H groups in total. The van der Waals surface area contributed by atoms with Crippen molar-refractivity contribution in [3.05, 3.63) is 23.8 Å². The predicted octanol–water partition coefficient (Wildman–Crippen LogP) is 1.35. The molecule has 0 aliphatic carbocycles. The summed E-state index contributed by atoms with van der Waals surface area (Å²) < 4.78 is 11.1. The number of hydrogen-bond acceptors (Lipinski definition) is 5. The van der Waals surface area contributed by atoms with Crippen LogP contribution in [-0.2, 0) is 4.79 Å². The van der Waals surface area contributed by atoms with E-state index in [4.69, 9.17) is 20.6 Å². The molecule has 0 bridgehead atoms. The largest absolute Gasteiger partial charge is 0.490 e. The normalized spacial score (nSPS) is 10.6. The second-order valence-corrected chi connectivity index (χ2v) is 4.85. The van der Waals surface area contributed by atoms with Crippen LogP contribution < -0.4 is 20.7 Å². The number of hydrogen-bond donors (Lipinski definition) is 2. The van der Waals surface area contributed by atoms with E-state index in [2.05, 4.69) is 5.43 Å². The van der Waals surface area contributed by atoms with E-state index < -0.39 is 5.41 Å². The van der Waals surface area contributed by atoms with E-state index in [1.54, 1.807) is 32.0 Å². The molecule has 0 unspecified atom stereocenters. The molecule has 1 aromatic rings. The van der Waals surface area contributed by atoms with Gasteiger partial charge < -0.3 is 9.47 Å². The van der Waals surface area contributed by atoms with Gasteiger partial charge in [-0.1, -0.05) is 0 Å². The van der Waals surface area contributed by atoms with Gasteiger partial charge in [0.05, 0.1) is 23.7 Å². The molecule has 0 atom stereocenters. The van der Waals surface area contributed by atoms with Crippen molar-refractivity contribution in [1.82, 2.24) is 5.43 Å². The minimum atomic E-state index is -0.772. The van der Waals surface area contributed by atoms with Crippen molar-refractivity contribution in [3.63, 3.8) is 0 Å². The average Bonchev–Trinajstić information content (AvgIpc) is 2.45. The summed E-state index contributed by atoms with van der Waals surface area (Å²) in [7, 11) is 0. The quantitative estimate of drug-likeness (QED) is 0.465. The van der Waals surface area contributed by atoms with Gasteiger partial charge in [-0.25, -0.2) is 5.84 Å². The maximum Gasteiger partial charge on any atom is 0.242 e. The van der Waals surface area contributed by atoms with Crippen molar-refractivity contribution >= 4 is 5.91 Å². The third kappa shape index (κ3) is 3.87. The van der Waals surface area contributed by atoms with Crippen molar-refractivity contribution in [2.45, 2.75) is 20.8 Å². The number of amides is 1. The zero-order valence-electron chi connectivity index (χ0n) is 11.9. The molecule has 20 heavy (non-hydrogen) atoms. The summed E-state index contributed by atoms with van der Waals surface area (Å²) in [6, 6.07) is 6.93. The second kappa shape index (κ2) is 6.78. The molecule has 0 radical (unpaired) electrons. The Morgan fingerprint density at radius 3 is 2.65 bits per heavy atom. The molecule has 0 spiro atoms. The first kappa shape index (κ1) is 15.8. The highest BCUT2D eigenvalue weighted by Gasteiger charge is 2.28. The maximum atomic E-state index is 11.6. The molecule has 0 aromatic heterocycles. The van der Waals surface area contributed by atoms with Gasteiger partial charge >= 0.3 is 0 Å². The minimum Gasteiger partial charge on any atom is -0.490 e. The Morgan fingerprint density at radius 2 is 2.10 bits per heavy atom. The molecule has 0 fully saturated rings. The molecule has 6 heteroatoms. The highest BCUT2D eigenvalue weighted by Crippen LogP contribution is 2.30. The summed E-state index contributed by atoms with van der Waals surface area (Å²) in [5.41, 5.74) is 1.82. The number of nitriles is 1. The Morgan fingerprint density at radius 1 is 1.40 bits per heavy atom. The lowest BCUT2D eigenvalue weighted by atomic mass is 9.94. The predicted molar refractivity (Wildman–Crippen MR) is 73.9 cm³/mol. The highest BCUT2D eigenvalue weighted by atomic mass is 16.5. The highest BCUT2D eigenvalue weighted by molar-refractivity contribution is 5.81. The van der Waals surface area contributed by atoms with Gasteiger partial charge in [0.15, 0.2) is 11.5 Å². The fourth-order valence-electron chi connectivity index (χ4n) is 1.48. The molecule has 0 aliphatic heterocycles. The maximum absolute atomic E-state index is 11.6. The molecule has 0 saturated heterocycles. The molecule has 0 heterocycles. The van der Waals surface area contributed by atoms with Crippen LogP contribution in [0.25, 0.3) is 0 Å². The number of ether oxygens (including phenoxy) is 2. The summed E-state index contributed by atoms with van der Waals surface area (Å²) >= 11 is 0. The lowest BCUT2D eigenvalue weighted by Crippen LogP contribution is -2.44. The number of carbonyl (C=O) groups is 1. The van der Waals surface area contributed by atoms with Crippen molar-refractivity contribution in [1.29, 1.82) is 5.26 Å². The summed E-state index contributed by atoms with van der Waals surface area (Å²) in [5, 5.41) is 8.87. The van der Waals surface area contributed by atoms with Crippen LogP contribution in [0.1, 0.15) is 26.3 Å². The number of benzene rings is 1. The first-order chi connectivity index (χ1) is 9.44. The number of carbonyl (C=O) groups excluding carboxylic acids is 1. The standard InChI is InChI=1S/C14H19N3O3/c1-4-19-12-7-10(8-15)5-6-11(12)20-9-14(2,3)13(18)17-16/h5-7H,4,9,16H2,1-3H3,(H,17,18). The Labute approximate surface area is 118 Å². The van der Waals surface area contributed by atoms with E-state index in [9.17, 15) is 4.79 Å². The van der Waals surface area contributed by atoms with Crippen molar-refractivity contribution < 1.29 is 14.3 Å². The summed E-state index contributed by atoms with van der Waals surface area (Å²) in [6.45, 7) is 5.88. The second-order valence-electron chi connectivity index (χ2n) is 4.85. The van der Waals surface area contributed by atoms with Crippen molar-refractivity contribution in [2.24, 2.45) is 11.3 Å². The molecule has 1 amide bonds. The van der Waals surface area contributed by atoms with E-state index >= 15 is 0 Å². The molecule has 6 nitrogen and oxygen atoms in total. The van der Waals surface area contributed by atoms with Crippen LogP contribution >= 0.6 is 0 Å². The van der Waals surface area contributed by atoms with Crippen LogP contribution in [0.3, 0.4) is 0 Å². The Kier molecular flexibility index (Phi) is 5.35. The molecular weight excluding hydrogens is 258 g/mol. The van der Waals surface area contributed by atoms with Gasteiger partial charge in [0.25, 0.3) is 0 Å². The third-order valence-corrected chi connectivity index (χ3v) is 2.71. The van der Waals surface area contributed by atoms with Gasteiger partial charge in [-0.15, -0.1) is 0 Å². The van der Waals surface area contributed by atoms with Crippen LogP contribution in [0.2, 0.25) is 0 Å². The molecular formula is C14H19N3O3. The number of nitrogens with zero attached hydrogens (tertiary/aromatic N) is 1. The van der Waals surface area contributed by atoms with Crippen LogP contribution in [0.5, 0.6) is 11.5 Å². The number of nitrogens with one attached hydrogen (secondary N) is 1. The lowest BCUT2D eigenvalue weighted by Gasteiger charge is -2.23. The minimum absolute atomic E-state index is 0.141. The van der Waals surface area contributed by atoms with Gasteiger partial charge in [-0.05, 0) is 32.9 Å². The molecule has 1 aromatic carbocycles. The molecule has 0 saturated carbocycles. The van der Waals surface area contributed by atoms with Crippen LogP contribution in [-0.4, -0.2) is 19.1 Å². The topological polar surface area (TPSA) is 97.4 Å². The van der Waals surface area contributed by atoms with Crippen molar-refractivity contribution in [3.8, 4) is 17.6 Å². The first-order valence-corrected chi connectivity index (χ1v) is 6.25.